The van der Waals surface area contributed by atoms with Crippen LogP contribution < -0.4 is 0 Å². The van der Waals surface area contributed by atoms with Gasteiger partial charge in [-0.2, -0.15) is 0 Å². The van der Waals surface area contributed by atoms with Gasteiger partial charge in [0.25, 0.3) is 0 Å². The highest BCUT2D eigenvalue weighted by Gasteiger charge is 2.29. The number of nitrogens with zero attached hydrogens (tertiary/aromatic N) is 1. The van der Waals surface area contributed by atoms with Crippen LogP contribution in [0.1, 0.15) is 35.1 Å². The number of hydrogen-bond acceptors (Lipinski definition) is 2. The summed E-state index contributed by atoms with van der Waals surface area (Å²) in [4.78, 5) is 13.0. The van der Waals surface area contributed by atoms with Crippen molar-refractivity contribution in [2.24, 2.45) is 0 Å². The highest BCUT2D eigenvalue weighted by atomic mass is 16.4. The summed E-state index contributed by atoms with van der Waals surface area (Å²) in [5.74, 6) is -0.718. The van der Waals surface area contributed by atoms with Gasteiger partial charge in [-0.15, -0.1) is 0 Å². The molecule has 0 unspecified atom stereocenters. The van der Waals surface area contributed by atoms with Gasteiger partial charge in [-0.3, -0.25) is 9.69 Å². The van der Waals surface area contributed by atoms with Crippen LogP contribution in [-0.4, -0.2) is 35.1 Å². The zero-order valence-corrected chi connectivity index (χ0v) is 12.1. The lowest BCUT2D eigenvalue weighted by atomic mass is 9.97. The van der Waals surface area contributed by atoms with Crippen molar-refractivity contribution >= 4 is 5.97 Å². The fourth-order valence-corrected chi connectivity index (χ4v) is 2.86. The molecule has 1 aromatic carbocycles. The minimum Gasteiger partial charge on any atom is -0.480 e. The number of aliphatic carboxylic acids is 1. The highest BCUT2D eigenvalue weighted by molar-refractivity contribution is 5.69. The molecule has 1 saturated carbocycles. The van der Waals surface area contributed by atoms with E-state index in [0.717, 1.165) is 25.8 Å². The number of hydrogen-bond donors (Lipinski definition) is 1. The van der Waals surface area contributed by atoms with Crippen LogP contribution in [0.2, 0.25) is 0 Å². The second kappa shape index (κ2) is 5.74. The van der Waals surface area contributed by atoms with Crippen LogP contribution in [0.4, 0.5) is 0 Å². The van der Waals surface area contributed by atoms with E-state index in [-0.39, 0.29) is 6.54 Å². The second-order valence-corrected chi connectivity index (χ2v) is 5.72. The van der Waals surface area contributed by atoms with Gasteiger partial charge in [0.15, 0.2) is 0 Å². The van der Waals surface area contributed by atoms with Crippen molar-refractivity contribution < 1.29 is 9.90 Å². The Bertz CT molecular complexity index is 455. The smallest absolute Gasteiger partial charge is 0.317 e. The summed E-state index contributed by atoms with van der Waals surface area (Å²) in [5, 5.41) is 8.96. The molecule has 1 aliphatic carbocycles. The molecule has 19 heavy (non-hydrogen) atoms. The second-order valence-electron chi connectivity index (χ2n) is 5.72. The van der Waals surface area contributed by atoms with Gasteiger partial charge in [0.2, 0.25) is 0 Å². The Hall–Kier alpha value is -1.35. The van der Waals surface area contributed by atoms with Gasteiger partial charge in [-0.05, 0) is 56.7 Å². The maximum atomic E-state index is 10.9. The Balaban J connectivity index is 2.02. The molecule has 0 amide bonds. The molecule has 104 valence electrons. The predicted octanol–water partition coefficient (Wildman–Crippen LogP) is 2.70. The zero-order valence-electron chi connectivity index (χ0n) is 12.1. The van der Waals surface area contributed by atoms with Gasteiger partial charge >= 0.3 is 5.97 Å². The number of carbonyl (C=O) groups is 1. The first-order chi connectivity index (χ1) is 8.97. The average molecular weight is 261 g/mol. The minimum atomic E-state index is -0.718. The van der Waals surface area contributed by atoms with E-state index in [4.69, 9.17) is 5.11 Å². The molecule has 3 nitrogen and oxygen atoms in total. The molecule has 1 aliphatic rings. The Morgan fingerprint density at radius 1 is 1.26 bits per heavy atom. The van der Waals surface area contributed by atoms with E-state index in [9.17, 15) is 4.79 Å². The lowest BCUT2D eigenvalue weighted by Gasteiger charge is -2.21. The first-order valence-corrected chi connectivity index (χ1v) is 7.00. The quantitative estimate of drug-likeness (QED) is 0.856. The summed E-state index contributed by atoms with van der Waals surface area (Å²) in [7, 11) is 0. The fourth-order valence-electron chi connectivity index (χ4n) is 2.86. The summed E-state index contributed by atoms with van der Waals surface area (Å²) in [6, 6.07) is 4.92. The molecule has 1 aromatic rings. The number of carboxylic acids is 1. The van der Waals surface area contributed by atoms with Crippen LogP contribution in [-0.2, 0) is 11.2 Å². The Kier molecular flexibility index (Phi) is 4.25. The van der Waals surface area contributed by atoms with Crippen LogP contribution in [0.15, 0.2) is 12.1 Å². The molecule has 0 atom stereocenters. The van der Waals surface area contributed by atoms with Crippen LogP contribution in [0, 0.1) is 20.8 Å². The van der Waals surface area contributed by atoms with Crippen molar-refractivity contribution in [1.29, 1.82) is 0 Å². The minimum absolute atomic E-state index is 0.175. The molecule has 2 rings (SSSR count). The third-order valence-electron chi connectivity index (χ3n) is 3.89. The summed E-state index contributed by atoms with van der Waals surface area (Å²) in [5.41, 5.74) is 5.32. The molecule has 0 heterocycles. The molecule has 0 aliphatic heterocycles. The van der Waals surface area contributed by atoms with Crippen LogP contribution in [0.5, 0.6) is 0 Å². The third kappa shape index (κ3) is 3.80. The Labute approximate surface area is 115 Å². The summed E-state index contributed by atoms with van der Waals surface area (Å²) in [6.45, 7) is 7.43. The Morgan fingerprint density at radius 3 is 2.32 bits per heavy atom. The normalized spacial score (nSPS) is 14.9. The summed E-state index contributed by atoms with van der Waals surface area (Å²) < 4.78 is 0. The lowest BCUT2D eigenvalue weighted by Crippen LogP contribution is -2.33. The van der Waals surface area contributed by atoms with E-state index >= 15 is 0 Å². The highest BCUT2D eigenvalue weighted by Crippen LogP contribution is 2.27. The zero-order chi connectivity index (χ0) is 14.0. The fraction of sp³-hybridized carbons (Fsp3) is 0.562. The van der Waals surface area contributed by atoms with Crippen molar-refractivity contribution in [3.8, 4) is 0 Å². The average Bonchev–Trinajstić information content (AvgIpc) is 3.08. The van der Waals surface area contributed by atoms with Crippen molar-refractivity contribution in [2.75, 3.05) is 13.1 Å². The van der Waals surface area contributed by atoms with Crippen molar-refractivity contribution in [3.63, 3.8) is 0 Å². The maximum Gasteiger partial charge on any atom is 0.317 e. The number of rotatable bonds is 6. The SMILES string of the molecule is Cc1cc(C)c(CCN(CC(=O)O)C2CC2)c(C)c1. The largest absolute Gasteiger partial charge is 0.480 e. The Morgan fingerprint density at radius 2 is 1.84 bits per heavy atom. The van der Waals surface area contributed by atoms with Crippen molar-refractivity contribution in [1.82, 2.24) is 4.90 Å². The predicted molar refractivity (Wildman–Crippen MR) is 76.6 cm³/mol. The first kappa shape index (κ1) is 14.1. The van der Waals surface area contributed by atoms with E-state index in [2.05, 4.69) is 37.8 Å². The number of benzene rings is 1. The van der Waals surface area contributed by atoms with Gasteiger partial charge in [0, 0.05) is 12.6 Å². The molecule has 1 N–H and O–H groups in total. The van der Waals surface area contributed by atoms with Crippen LogP contribution in [0.3, 0.4) is 0 Å². The maximum absolute atomic E-state index is 10.9. The number of aryl methyl sites for hydroxylation is 3. The van der Waals surface area contributed by atoms with E-state index < -0.39 is 5.97 Å². The molecule has 3 heteroatoms. The molecule has 1 fully saturated rings. The number of carboxylic acid groups (broad SMARTS) is 1. The molecule has 0 saturated heterocycles. The van der Waals surface area contributed by atoms with E-state index in [1.807, 2.05) is 0 Å². The third-order valence-corrected chi connectivity index (χ3v) is 3.89. The van der Waals surface area contributed by atoms with Crippen LogP contribution in [0.25, 0.3) is 0 Å². The van der Waals surface area contributed by atoms with Gasteiger partial charge in [0.1, 0.15) is 0 Å². The molecular formula is C16H23NO2. The summed E-state index contributed by atoms with van der Waals surface area (Å²) in [6.07, 6.45) is 3.25. The molecule has 0 bridgehead atoms. The standard InChI is InChI=1S/C16H23NO2/c1-11-8-12(2)15(13(3)9-11)6-7-17(10-16(18)19)14-4-5-14/h8-9,14H,4-7,10H2,1-3H3,(H,18,19). The van der Waals surface area contributed by atoms with Gasteiger partial charge in [-0.1, -0.05) is 17.7 Å². The van der Waals surface area contributed by atoms with Crippen molar-refractivity contribution in [2.45, 2.75) is 46.1 Å². The van der Waals surface area contributed by atoms with Gasteiger partial charge in [0.05, 0.1) is 6.54 Å². The molecule has 0 spiro atoms. The molecule has 0 radical (unpaired) electrons. The topological polar surface area (TPSA) is 40.5 Å². The van der Waals surface area contributed by atoms with E-state index in [1.54, 1.807) is 0 Å². The van der Waals surface area contributed by atoms with E-state index in [1.165, 1.54) is 22.3 Å². The monoisotopic (exact) mass is 261 g/mol. The van der Waals surface area contributed by atoms with Gasteiger partial charge in [-0.25, -0.2) is 0 Å². The first-order valence-electron chi connectivity index (χ1n) is 7.00. The van der Waals surface area contributed by atoms with Gasteiger partial charge < -0.3 is 5.11 Å². The molecular weight excluding hydrogens is 238 g/mol. The summed E-state index contributed by atoms with van der Waals surface area (Å²) >= 11 is 0. The lowest BCUT2D eigenvalue weighted by molar-refractivity contribution is -0.138. The molecule has 0 aromatic heterocycles. The van der Waals surface area contributed by atoms with Crippen LogP contribution >= 0.6 is 0 Å². The van der Waals surface area contributed by atoms with E-state index in [0.29, 0.717) is 6.04 Å². The van der Waals surface area contributed by atoms with Crippen molar-refractivity contribution in [3.05, 3.63) is 34.4 Å².